The fraction of sp³-hybridized carbons (Fsp3) is 0.286. The third-order valence-electron chi connectivity index (χ3n) is 2.80. The zero-order valence-electron chi connectivity index (χ0n) is 10.9. The van der Waals surface area contributed by atoms with Crippen LogP contribution in [0.1, 0.15) is 25.3 Å². The van der Waals surface area contributed by atoms with Gasteiger partial charge in [0.25, 0.3) is 0 Å². The van der Waals surface area contributed by atoms with Gasteiger partial charge in [0.1, 0.15) is 5.02 Å². The molecule has 0 atom stereocenters. The van der Waals surface area contributed by atoms with Gasteiger partial charge >= 0.3 is 0 Å². The Morgan fingerprint density at radius 2 is 2.00 bits per heavy atom. The van der Waals surface area contributed by atoms with Crippen molar-refractivity contribution in [1.29, 1.82) is 0 Å². The van der Waals surface area contributed by atoms with Crippen molar-refractivity contribution in [1.82, 2.24) is 9.97 Å². The van der Waals surface area contributed by atoms with Gasteiger partial charge in [-0.25, -0.2) is 4.98 Å². The van der Waals surface area contributed by atoms with Crippen LogP contribution < -0.4 is 11.1 Å². The lowest BCUT2D eigenvalue weighted by Crippen LogP contribution is -2.00. The number of nitrogens with two attached hydrogens (primary N) is 1. The Morgan fingerprint density at radius 3 is 2.68 bits per heavy atom. The van der Waals surface area contributed by atoms with Crippen molar-refractivity contribution in [3.63, 3.8) is 0 Å². The number of halogens is 1. The predicted molar refractivity (Wildman–Crippen MR) is 79.8 cm³/mol. The molecule has 2 aromatic rings. The van der Waals surface area contributed by atoms with E-state index in [-0.39, 0.29) is 5.95 Å². The predicted octanol–water partition coefficient (Wildman–Crippen LogP) is 3.80. The maximum atomic E-state index is 6.00. The molecular formula is C14H17ClN4. The summed E-state index contributed by atoms with van der Waals surface area (Å²) in [5.41, 5.74) is 7.80. The lowest BCUT2D eigenvalue weighted by molar-refractivity contribution is 0.795. The maximum Gasteiger partial charge on any atom is 0.222 e. The minimum Gasteiger partial charge on any atom is -0.368 e. The second-order valence-electron chi connectivity index (χ2n) is 4.35. The van der Waals surface area contributed by atoms with Crippen LogP contribution in [0.15, 0.2) is 30.5 Å². The summed E-state index contributed by atoms with van der Waals surface area (Å²) in [6.45, 7) is 2.19. The number of nitrogen functional groups attached to an aromatic ring is 1. The summed E-state index contributed by atoms with van der Waals surface area (Å²) in [7, 11) is 0. The van der Waals surface area contributed by atoms with Gasteiger partial charge in [-0.05, 0) is 30.5 Å². The van der Waals surface area contributed by atoms with Crippen molar-refractivity contribution in [2.75, 3.05) is 11.1 Å². The minimum absolute atomic E-state index is 0.200. The maximum absolute atomic E-state index is 6.00. The van der Waals surface area contributed by atoms with Crippen molar-refractivity contribution in [2.45, 2.75) is 26.2 Å². The van der Waals surface area contributed by atoms with E-state index < -0.39 is 0 Å². The molecule has 4 nitrogen and oxygen atoms in total. The van der Waals surface area contributed by atoms with Crippen LogP contribution in [0.25, 0.3) is 0 Å². The summed E-state index contributed by atoms with van der Waals surface area (Å²) in [4.78, 5) is 7.89. The Morgan fingerprint density at radius 1 is 1.26 bits per heavy atom. The van der Waals surface area contributed by atoms with Crippen LogP contribution in [0.2, 0.25) is 5.02 Å². The van der Waals surface area contributed by atoms with Crippen LogP contribution >= 0.6 is 11.6 Å². The van der Waals surface area contributed by atoms with Gasteiger partial charge in [0, 0.05) is 5.69 Å². The Bertz CT molecular complexity index is 540. The SMILES string of the molecule is CCCCc1ccc(Nc2nc(N)ncc2Cl)cc1. The van der Waals surface area contributed by atoms with E-state index in [1.165, 1.54) is 24.6 Å². The summed E-state index contributed by atoms with van der Waals surface area (Å²) in [6.07, 6.45) is 5.01. The third kappa shape index (κ3) is 3.83. The number of unbranched alkanes of at least 4 members (excludes halogenated alkanes) is 1. The Labute approximate surface area is 118 Å². The van der Waals surface area contributed by atoms with E-state index in [1.54, 1.807) is 0 Å². The van der Waals surface area contributed by atoms with E-state index in [0.717, 1.165) is 12.1 Å². The molecule has 0 saturated heterocycles. The van der Waals surface area contributed by atoms with Gasteiger partial charge in [-0.2, -0.15) is 4.98 Å². The molecule has 0 bridgehead atoms. The molecule has 0 unspecified atom stereocenters. The monoisotopic (exact) mass is 276 g/mol. The van der Waals surface area contributed by atoms with E-state index in [4.69, 9.17) is 17.3 Å². The molecule has 0 aliphatic rings. The summed E-state index contributed by atoms with van der Waals surface area (Å²) in [5, 5.41) is 3.58. The van der Waals surface area contributed by atoms with Gasteiger partial charge in [-0.1, -0.05) is 37.1 Å². The van der Waals surface area contributed by atoms with Crippen LogP contribution in [0, 0.1) is 0 Å². The van der Waals surface area contributed by atoms with Crippen LogP contribution in [-0.2, 0) is 6.42 Å². The molecule has 0 aliphatic heterocycles. The molecule has 0 amide bonds. The number of nitrogens with zero attached hydrogens (tertiary/aromatic N) is 2. The van der Waals surface area contributed by atoms with Crippen molar-refractivity contribution >= 4 is 29.1 Å². The normalized spacial score (nSPS) is 10.4. The highest BCUT2D eigenvalue weighted by atomic mass is 35.5. The van der Waals surface area contributed by atoms with Gasteiger partial charge < -0.3 is 11.1 Å². The van der Waals surface area contributed by atoms with Gasteiger partial charge in [-0.3, -0.25) is 0 Å². The smallest absolute Gasteiger partial charge is 0.222 e. The number of aromatic nitrogens is 2. The molecular weight excluding hydrogens is 260 g/mol. The van der Waals surface area contributed by atoms with Crippen molar-refractivity contribution in [2.24, 2.45) is 0 Å². The average Bonchev–Trinajstić information content (AvgIpc) is 2.42. The number of aryl methyl sites for hydroxylation is 1. The van der Waals surface area contributed by atoms with Crippen LogP contribution in [0.4, 0.5) is 17.5 Å². The second kappa shape index (κ2) is 6.38. The highest BCUT2D eigenvalue weighted by Crippen LogP contribution is 2.23. The van der Waals surface area contributed by atoms with Gasteiger partial charge in [0.05, 0.1) is 6.20 Å². The fourth-order valence-electron chi connectivity index (χ4n) is 1.74. The lowest BCUT2D eigenvalue weighted by Gasteiger charge is -2.08. The Kier molecular flexibility index (Phi) is 4.58. The first-order chi connectivity index (χ1) is 9.19. The van der Waals surface area contributed by atoms with Crippen LogP contribution in [0.5, 0.6) is 0 Å². The number of anilines is 3. The van der Waals surface area contributed by atoms with Crippen LogP contribution in [0.3, 0.4) is 0 Å². The van der Waals surface area contributed by atoms with Crippen molar-refractivity contribution in [3.05, 3.63) is 41.0 Å². The molecule has 100 valence electrons. The van der Waals surface area contributed by atoms with Crippen LogP contribution in [-0.4, -0.2) is 9.97 Å². The summed E-state index contributed by atoms with van der Waals surface area (Å²) < 4.78 is 0. The molecule has 3 N–H and O–H groups in total. The Balaban J connectivity index is 2.08. The van der Waals surface area contributed by atoms with E-state index in [0.29, 0.717) is 10.8 Å². The average molecular weight is 277 g/mol. The minimum atomic E-state index is 0.200. The first-order valence-electron chi connectivity index (χ1n) is 6.33. The second-order valence-corrected chi connectivity index (χ2v) is 4.76. The zero-order valence-corrected chi connectivity index (χ0v) is 11.6. The Hall–Kier alpha value is -1.81. The summed E-state index contributed by atoms with van der Waals surface area (Å²) in [5.74, 6) is 0.724. The van der Waals surface area contributed by atoms with Gasteiger partial charge in [0.15, 0.2) is 5.82 Å². The lowest BCUT2D eigenvalue weighted by atomic mass is 10.1. The molecule has 1 heterocycles. The van der Waals surface area contributed by atoms with E-state index in [2.05, 4.69) is 34.3 Å². The zero-order chi connectivity index (χ0) is 13.7. The standard InChI is InChI=1S/C14H17ClN4/c1-2-3-4-10-5-7-11(8-6-10)18-13-12(15)9-17-14(16)19-13/h5-9H,2-4H2,1H3,(H3,16,17,18,19). The molecule has 0 saturated carbocycles. The van der Waals surface area contributed by atoms with Gasteiger partial charge in [-0.15, -0.1) is 0 Å². The highest BCUT2D eigenvalue weighted by Gasteiger charge is 2.04. The molecule has 19 heavy (non-hydrogen) atoms. The van der Waals surface area contributed by atoms with Gasteiger partial charge in [0.2, 0.25) is 5.95 Å². The fourth-order valence-corrected chi connectivity index (χ4v) is 1.88. The first-order valence-corrected chi connectivity index (χ1v) is 6.71. The molecule has 0 spiro atoms. The number of rotatable bonds is 5. The number of nitrogens with one attached hydrogen (secondary N) is 1. The number of hydrogen-bond donors (Lipinski definition) is 2. The molecule has 1 aromatic heterocycles. The highest BCUT2D eigenvalue weighted by molar-refractivity contribution is 6.32. The molecule has 5 heteroatoms. The summed E-state index contributed by atoms with van der Waals surface area (Å²) in [6, 6.07) is 8.24. The molecule has 2 rings (SSSR count). The number of hydrogen-bond acceptors (Lipinski definition) is 4. The van der Waals surface area contributed by atoms with Crippen molar-refractivity contribution in [3.8, 4) is 0 Å². The molecule has 0 aliphatic carbocycles. The quantitative estimate of drug-likeness (QED) is 0.872. The van der Waals surface area contributed by atoms with E-state index >= 15 is 0 Å². The number of benzene rings is 1. The van der Waals surface area contributed by atoms with E-state index in [9.17, 15) is 0 Å². The largest absolute Gasteiger partial charge is 0.368 e. The first kappa shape index (κ1) is 13.6. The molecule has 0 fully saturated rings. The van der Waals surface area contributed by atoms with E-state index in [1.807, 2.05) is 12.1 Å². The third-order valence-corrected chi connectivity index (χ3v) is 3.08. The summed E-state index contributed by atoms with van der Waals surface area (Å²) >= 11 is 6.00. The molecule has 1 aromatic carbocycles. The van der Waals surface area contributed by atoms with Crippen molar-refractivity contribution < 1.29 is 0 Å². The topological polar surface area (TPSA) is 63.8 Å². The molecule has 0 radical (unpaired) electrons.